The summed E-state index contributed by atoms with van der Waals surface area (Å²) in [5, 5.41) is 20.5. The van der Waals surface area contributed by atoms with Crippen molar-refractivity contribution in [1.29, 1.82) is 5.26 Å². The average Bonchev–Trinajstić information content (AvgIpc) is 3.16. The standard InChI is InChI=1S/C13H17N7O2/c14-7-10(8-16-13-17-9-18-19-13)12(22)15-4-2-6-20-5-1-3-11(20)21/h8-9H,1-6H2,(H,15,22)(H2,16,17,18,19)/b10-8-. The van der Waals surface area contributed by atoms with E-state index in [-0.39, 0.29) is 11.5 Å². The minimum absolute atomic E-state index is 0.0614. The van der Waals surface area contributed by atoms with Crippen molar-refractivity contribution < 1.29 is 9.59 Å². The highest BCUT2D eigenvalue weighted by atomic mass is 16.2. The van der Waals surface area contributed by atoms with Crippen LogP contribution in [0.4, 0.5) is 5.95 Å². The Morgan fingerprint density at radius 2 is 2.45 bits per heavy atom. The average molecular weight is 303 g/mol. The molecule has 1 aromatic rings. The molecule has 0 aliphatic carbocycles. The van der Waals surface area contributed by atoms with E-state index in [1.54, 1.807) is 4.90 Å². The van der Waals surface area contributed by atoms with Gasteiger partial charge < -0.3 is 15.5 Å². The summed E-state index contributed by atoms with van der Waals surface area (Å²) in [5.74, 6) is 0.0375. The molecule has 0 aromatic carbocycles. The van der Waals surface area contributed by atoms with Crippen molar-refractivity contribution in [3.63, 3.8) is 0 Å². The highest BCUT2D eigenvalue weighted by molar-refractivity contribution is 5.97. The Morgan fingerprint density at radius 3 is 3.09 bits per heavy atom. The molecule has 1 aliphatic heterocycles. The lowest BCUT2D eigenvalue weighted by atomic mass is 10.3. The Morgan fingerprint density at radius 1 is 1.59 bits per heavy atom. The van der Waals surface area contributed by atoms with Gasteiger partial charge in [0, 0.05) is 32.3 Å². The Kier molecular flexibility index (Phi) is 5.48. The van der Waals surface area contributed by atoms with Gasteiger partial charge in [-0.3, -0.25) is 9.59 Å². The highest BCUT2D eigenvalue weighted by Gasteiger charge is 2.19. The first-order valence-corrected chi connectivity index (χ1v) is 6.99. The van der Waals surface area contributed by atoms with Gasteiger partial charge in [0.05, 0.1) is 0 Å². The number of aromatic nitrogens is 3. The summed E-state index contributed by atoms with van der Waals surface area (Å²) in [4.78, 5) is 28.8. The first kappa shape index (κ1) is 15.5. The number of hydrogen-bond donors (Lipinski definition) is 3. The molecule has 116 valence electrons. The molecule has 1 saturated heterocycles. The second-order valence-electron chi connectivity index (χ2n) is 4.74. The molecule has 0 spiro atoms. The molecule has 0 saturated carbocycles. The summed E-state index contributed by atoms with van der Waals surface area (Å²) in [6.07, 6.45) is 4.74. The number of carbonyl (C=O) groups is 2. The van der Waals surface area contributed by atoms with E-state index in [0.717, 1.165) is 13.0 Å². The summed E-state index contributed by atoms with van der Waals surface area (Å²) in [5.41, 5.74) is -0.0614. The molecule has 0 unspecified atom stereocenters. The molecule has 0 atom stereocenters. The van der Waals surface area contributed by atoms with E-state index in [0.29, 0.717) is 31.9 Å². The number of hydrogen-bond acceptors (Lipinski definition) is 6. The molecule has 22 heavy (non-hydrogen) atoms. The summed E-state index contributed by atoms with van der Waals surface area (Å²) in [6, 6.07) is 1.81. The van der Waals surface area contributed by atoms with Gasteiger partial charge in [0.25, 0.3) is 5.91 Å². The second-order valence-corrected chi connectivity index (χ2v) is 4.74. The zero-order chi connectivity index (χ0) is 15.8. The van der Waals surface area contributed by atoms with E-state index in [4.69, 9.17) is 5.26 Å². The smallest absolute Gasteiger partial charge is 0.263 e. The summed E-state index contributed by atoms with van der Waals surface area (Å²) < 4.78 is 0. The van der Waals surface area contributed by atoms with Crippen LogP contribution >= 0.6 is 0 Å². The number of H-pyrrole nitrogens is 1. The first-order valence-electron chi connectivity index (χ1n) is 6.99. The van der Waals surface area contributed by atoms with Gasteiger partial charge in [-0.1, -0.05) is 0 Å². The molecule has 2 heterocycles. The first-order chi connectivity index (χ1) is 10.7. The molecular formula is C13H17N7O2. The number of anilines is 1. The molecule has 1 aromatic heterocycles. The minimum Gasteiger partial charge on any atom is -0.351 e. The molecule has 1 fully saturated rings. The maximum atomic E-state index is 11.8. The monoisotopic (exact) mass is 303 g/mol. The van der Waals surface area contributed by atoms with E-state index in [1.807, 2.05) is 6.07 Å². The van der Waals surface area contributed by atoms with Crippen LogP contribution in [-0.2, 0) is 9.59 Å². The lowest BCUT2D eigenvalue weighted by molar-refractivity contribution is -0.127. The lowest BCUT2D eigenvalue weighted by Crippen LogP contribution is -2.31. The molecule has 9 nitrogen and oxygen atoms in total. The lowest BCUT2D eigenvalue weighted by Gasteiger charge is -2.15. The third-order valence-electron chi connectivity index (χ3n) is 3.20. The van der Waals surface area contributed by atoms with Crippen LogP contribution in [-0.4, -0.2) is 51.5 Å². The van der Waals surface area contributed by atoms with E-state index in [9.17, 15) is 9.59 Å². The predicted octanol–water partition coefficient (Wildman–Crippen LogP) is -0.247. The fraction of sp³-hybridized carbons (Fsp3) is 0.462. The number of rotatable bonds is 7. The molecule has 0 bridgehead atoms. The molecule has 3 N–H and O–H groups in total. The summed E-state index contributed by atoms with van der Waals surface area (Å²) >= 11 is 0. The van der Waals surface area contributed by atoms with Crippen LogP contribution in [0.1, 0.15) is 19.3 Å². The number of amides is 2. The van der Waals surface area contributed by atoms with Crippen molar-refractivity contribution in [3.05, 3.63) is 18.1 Å². The molecule has 2 amide bonds. The molecule has 1 aliphatic rings. The van der Waals surface area contributed by atoms with Gasteiger partial charge in [0.15, 0.2) is 0 Å². The van der Waals surface area contributed by atoms with Gasteiger partial charge in [0.1, 0.15) is 18.0 Å². The van der Waals surface area contributed by atoms with Crippen LogP contribution in [0, 0.1) is 11.3 Å². The van der Waals surface area contributed by atoms with Crippen LogP contribution in [0.25, 0.3) is 0 Å². The third kappa shape index (κ3) is 4.31. The Bertz CT molecular complexity index is 588. The summed E-state index contributed by atoms with van der Waals surface area (Å²) in [6.45, 7) is 1.82. The van der Waals surface area contributed by atoms with E-state index in [2.05, 4.69) is 25.8 Å². The Hall–Kier alpha value is -2.89. The Labute approximate surface area is 127 Å². The van der Waals surface area contributed by atoms with E-state index < -0.39 is 5.91 Å². The van der Waals surface area contributed by atoms with Gasteiger partial charge in [-0.15, -0.1) is 0 Å². The summed E-state index contributed by atoms with van der Waals surface area (Å²) in [7, 11) is 0. The molecular weight excluding hydrogens is 286 g/mol. The van der Waals surface area contributed by atoms with E-state index in [1.165, 1.54) is 12.5 Å². The number of likely N-dealkylation sites (tertiary alicyclic amines) is 1. The van der Waals surface area contributed by atoms with Crippen LogP contribution in [0.5, 0.6) is 0 Å². The van der Waals surface area contributed by atoms with Crippen molar-refractivity contribution in [1.82, 2.24) is 25.4 Å². The number of nitrogens with one attached hydrogen (secondary N) is 3. The topological polar surface area (TPSA) is 127 Å². The number of aromatic amines is 1. The quantitative estimate of drug-likeness (QED) is 0.362. The normalized spacial score (nSPS) is 14.8. The fourth-order valence-corrected chi connectivity index (χ4v) is 2.07. The second kappa shape index (κ2) is 7.78. The van der Waals surface area contributed by atoms with Crippen LogP contribution < -0.4 is 10.6 Å². The van der Waals surface area contributed by atoms with Crippen molar-refractivity contribution in [2.45, 2.75) is 19.3 Å². The van der Waals surface area contributed by atoms with Crippen LogP contribution in [0.2, 0.25) is 0 Å². The minimum atomic E-state index is -0.470. The van der Waals surface area contributed by atoms with Crippen LogP contribution in [0.15, 0.2) is 18.1 Å². The molecule has 0 radical (unpaired) electrons. The highest BCUT2D eigenvalue weighted by Crippen LogP contribution is 2.09. The van der Waals surface area contributed by atoms with Crippen LogP contribution in [0.3, 0.4) is 0 Å². The maximum Gasteiger partial charge on any atom is 0.263 e. The number of nitrogens with zero attached hydrogens (tertiary/aromatic N) is 4. The predicted molar refractivity (Wildman–Crippen MR) is 77.1 cm³/mol. The van der Waals surface area contributed by atoms with Gasteiger partial charge in [-0.25, -0.2) is 5.10 Å². The van der Waals surface area contributed by atoms with Crippen molar-refractivity contribution in [2.75, 3.05) is 25.0 Å². The zero-order valence-electron chi connectivity index (χ0n) is 12.0. The zero-order valence-corrected chi connectivity index (χ0v) is 12.0. The van der Waals surface area contributed by atoms with Gasteiger partial charge >= 0.3 is 0 Å². The Balaban J connectivity index is 1.71. The van der Waals surface area contributed by atoms with Crippen molar-refractivity contribution in [2.24, 2.45) is 0 Å². The van der Waals surface area contributed by atoms with Gasteiger partial charge in [-0.05, 0) is 12.8 Å². The van der Waals surface area contributed by atoms with Crippen molar-refractivity contribution >= 4 is 17.8 Å². The fourth-order valence-electron chi connectivity index (χ4n) is 2.07. The van der Waals surface area contributed by atoms with Crippen molar-refractivity contribution in [3.8, 4) is 6.07 Å². The SMILES string of the molecule is N#C/C(=C/Nc1ncn[nH]1)C(=O)NCCCN1CCCC1=O. The molecule has 9 heteroatoms. The van der Waals surface area contributed by atoms with Gasteiger partial charge in [0.2, 0.25) is 11.9 Å². The molecule has 2 rings (SSSR count). The third-order valence-corrected chi connectivity index (χ3v) is 3.20. The van der Waals surface area contributed by atoms with E-state index >= 15 is 0 Å². The maximum absolute atomic E-state index is 11.8. The van der Waals surface area contributed by atoms with Gasteiger partial charge in [-0.2, -0.15) is 15.3 Å². The number of nitriles is 1. The largest absolute Gasteiger partial charge is 0.351 e. The number of carbonyl (C=O) groups excluding carboxylic acids is 2.